The van der Waals surface area contributed by atoms with E-state index >= 15 is 0 Å². The number of rotatable bonds is 5. The first-order valence-corrected chi connectivity index (χ1v) is 8.39. The molecule has 0 saturated heterocycles. The summed E-state index contributed by atoms with van der Waals surface area (Å²) in [4.78, 5) is 20.1. The number of carbonyl (C=O) groups is 1. The highest BCUT2D eigenvalue weighted by Crippen LogP contribution is 2.30. The fourth-order valence-corrected chi connectivity index (χ4v) is 2.52. The van der Waals surface area contributed by atoms with Crippen LogP contribution in [0.1, 0.15) is 28.5 Å². The van der Waals surface area contributed by atoms with Crippen LogP contribution in [0, 0.1) is 6.92 Å². The van der Waals surface area contributed by atoms with Crippen molar-refractivity contribution in [2.45, 2.75) is 20.0 Å². The standard InChI is InChI=1S/C20H17F3N4O/c1-12-10-18(25-17-5-3-4-14(11-17)13(2)28)27-19(24-12)26-16-8-6-15(7-9-16)20(21,22)23/h3-11H,1-2H3,(H2,24,25,26,27). The lowest BCUT2D eigenvalue weighted by atomic mass is 10.1. The number of ketones is 1. The normalized spacial score (nSPS) is 11.2. The third kappa shape index (κ3) is 4.85. The molecule has 28 heavy (non-hydrogen) atoms. The van der Waals surface area contributed by atoms with Gasteiger partial charge in [-0.2, -0.15) is 18.2 Å². The van der Waals surface area contributed by atoms with Gasteiger partial charge in [-0.25, -0.2) is 4.98 Å². The van der Waals surface area contributed by atoms with E-state index in [0.29, 0.717) is 28.5 Å². The molecule has 1 heterocycles. The highest BCUT2D eigenvalue weighted by atomic mass is 19.4. The SMILES string of the molecule is CC(=O)c1cccc(Nc2cc(C)nc(Nc3ccc(C(F)(F)F)cc3)n2)c1. The van der Waals surface area contributed by atoms with Crippen molar-refractivity contribution in [1.29, 1.82) is 0 Å². The zero-order chi connectivity index (χ0) is 20.3. The molecule has 0 aliphatic heterocycles. The second kappa shape index (κ2) is 7.67. The highest BCUT2D eigenvalue weighted by Gasteiger charge is 2.29. The summed E-state index contributed by atoms with van der Waals surface area (Å²) in [6, 6.07) is 13.3. The Bertz CT molecular complexity index is 1000. The van der Waals surface area contributed by atoms with Crippen molar-refractivity contribution in [3.63, 3.8) is 0 Å². The van der Waals surface area contributed by atoms with E-state index < -0.39 is 11.7 Å². The summed E-state index contributed by atoms with van der Waals surface area (Å²) in [5.74, 6) is 0.680. The molecule has 0 saturated carbocycles. The zero-order valence-electron chi connectivity index (χ0n) is 15.1. The Morgan fingerprint density at radius 2 is 1.64 bits per heavy atom. The molecular formula is C20H17F3N4O. The van der Waals surface area contributed by atoms with Gasteiger partial charge < -0.3 is 10.6 Å². The number of alkyl halides is 3. The predicted octanol–water partition coefficient (Wildman–Crippen LogP) is 5.49. The Balaban J connectivity index is 1.80. The Labute approximate surface area is 159 Å². The molecule has 1 aromatic heterocycles. The van der Waals surface area contributed by atoms with Crippen molar-refractivity contribution in [3.05, 3.63) is 71.4 Å². The highest BCUT2D eigenvalue weighted by molar-refractivity contribution is 5.95. The maximum atomic E-state index is 12.7. The van der Waals surface area contributed by atoms with Crippen LogP contribution in [0.25, 0.3) is 0 Å². The number of carbonyl (C=O) groups excluding carboxylic acids is 1. The Morgan fingerprint density at radius 1 is 0.929 bits per heavy atom. The molecule has 3 rings (SSSR count). The summed E-state index contributed by atoms with van der Waals surface area (Å²) >= 11 is 0. The molecule has 5 nitrogen and oxygen atoms in total. The van der Waals surface area contributed by atoms with E-state index in [2.05, 4.69) is 20.6 Å². The summed E-state index contributed by atoms with van der Waals surface area (Å²) in [5.41, 5.74) is 1.62. The molecule has 2 N–H and O–H groups in total. The number of anilines is 4. The molecule has 0 radical (unpaired) electrons. The van der Waals surface area contributed by atoms with Crippen LogP contribution in [0.5, 0.6) is 0 Å². The lowest BCUT2D eigenvalue weighted by Crippen LogP contribution is -2.05. The Hall–Kier alpha value is -3.42. The lowest BCUT2D eigenvalue weighted by molar-refractivity contribution is -0.137. The van der Waals surface area contributed by atoms with Crippen molar-refractivity contribution in [3.8, 4) is 0 Å². The zero-order valence-corrected chi connectivity index (χ0v) is 15.1. The molecule has 0 unspecified atom stereocenters. The number of aryl methyl sites for hydroxylation is 1. The lowest BCUT2D eigenvalue weighted by Gasteiger charge is -2.11. The molecular weight excluding hydrogens is 369 g/mol. The summed E-state index contributed by atoms with van der Waals surface area (Å²) in [5, 5.41) is 6.00. The van der Waals surface area contributed by atoms with Gasteiger partial charge >= 0.3 is 6.18 Å². The molecule has 8 heteroatoms. The molecule has 0 fully saturated rings. The van der Waals surface area contributed by atoms with Gasteiger partial charge in [0.05, 0.1) is 5.56 Å². The summed E-state index contributed by atoms with van der Waals surface area (Å²) in [6.07, 6.45) is -4.39. The van der Waals surface area contributed by atoms with Gasteiger partial charge in [-0.3, -0.25) is 4.79 Å². The van der Waals surface area contributed by atoms with Crippen LogP contribution in [0.4, 0.5) is 36.3 Å². The van der Waals surface area contributed by atoms with Crippen LogP contribution in [-0.2, 0) is 6.18 Å². The summed E-state index contributed by atoms with van der Waals surface area (Å²) < 4.78 is 38.0. The number of hydrogen-bond donors (Lipinski definition) is 2. The van der Waals surface area contributed by atoms with E-state index in [0.717, 1.165) is 12.1 Å². The maximum Gasteiger partial charge on any atom is 0.416 e. The van der Waals surface area contributed by atoms with Gasteiger partial charge in [0.25, 0.3) is 0 Å². The number of nitrogens with one attached hydrogen (secondary N) is 2. The van der Waals surface area contributed by atoms with E-state index in [1.807, 2.05) is 0 Å². The largest absolute Gasteiger partial charge is 0.416 e. The number of benzene rings is 2. The average molecular weight is 386 g/mol. The van der Waals surface area contributed by atoms with E-state index in [1.54, 1.807) is 37.3 Å². The van der Waals surface area contributed by atoms with Gasteiger partial charge in [0.2, 0.25) is 5.95 Å². The van der Waals surface area contributed by atoms with Crippen LogP contribution in [-0.4, -0.2) is 15.8 Å². The second-order valence-electron chi connectivity index (χ2n) is 6.18. The smallest absolute Gasteiger partial charge is 0.340 e. The first-order valence-electron chi connectivity index (χ1n) is 8.39. The van der Waals surface area contributed by atoms with E-state index in [-0.39, 0.29) is 11.7 Å². The van der Waals surface area contributed by atoms with Gasteiger partial charge in [-0.05, 0) is 50.2 Å². The van der Waals surface area contributed by atoms with Crippen molar-refractivity contribution >= 4 is 28.9 Å². The van der Waals surface area contributed by atoms with Gasteiger partial charge in [0.15, 0.2) is 5.78 Å². The van der Waals surface area contributed by atoms with Crippen molar-refractivity contribution in [2.24, 2.45) is 0 Å². The fourth-order valence-electron chi connectivity index (χ4n) is 2.52. The molecule has 0 bridgehead atoms. The van der Waals surface area contributed by atoms with Crippen molar-refractivity contribution in [2.75, 3.05) is 10.6 Å². The van der Waals surface area contributed by atoms with E-state index in [9.17, 15) is 18.0 Å². The maximum absolute atomic E-state index is 12.7. The summed E-state index contributed by atoms with van der Waals surface area (Å²) in [6.45, 7) is 3.26. The molecule has 144 valence electrons. The number of halogens is 3. The van der Waals surface area contributed by atoms with Crippen molar-refractivity contribution in [1.82, 2.24) is 9.97 Å². The molecule has 2 aromatic carbocycles. The number of nitrogens with zero attached hydrogens (tertiary/aromatic N) is 2. The minimum Gasteiger partial charge on any atom is -0.340 e. The predicted molar refractivity (Wildman–Crippen MR) is 101 cm³/mol. The topological polar surface area (TPSA) is 66.9 Å². The van der Waals surface area contributed by atoms with Crippen LogP contribution in [0.15, 0.2) is 54.6 Å². The second-order valence-corrected chi connectivity index (χ2v) is 6.18. The van der Waals surface area contributed by atoms with Gasteiger partial charge in [0, 0.05) is 28.7 Å². The van der Waals surface area contributed by atoms with Crippen LogP contribution < -0.4 is 10.6 Å². The molecule has 3 aromatic rings. The molecule has 0 spiro atoms. The average Bonchev–Trinajstić information content (AvgIpc) is 2.61. The van der Waals surface area contributed by atoms with E-state index in [4.69, 9.17) is 0 Å². The Kier molecular flexibility index (Phi) is 5.30. The summed E-state index contributed by atoms with van der Waals surface area (Å²) in [7, 11) is 0. The first-order chi connectivity index (χ1) is 13.2. The molecule has 0 aliphatic rings. The van der Waals surface area contributed by atoms with Crippen molar-refractivity contribution < 1.29 is 18.0 Å². The van der Waals surface area contributed by atoms with E-state index in [1.165, 1.54) is 19.1 Å². The number of hydrogen-bond acceptors (Lipinski definition) is 5. The molecule has 0 atom stereocenters. The van der Waals surface area contributed by atoms with Crippen LogP contribution in [0.3, 0.4) is 0 Å². The first kappa shape index (κ1) is 19.3. The molecule has 0 amide bonds. The molecule has 0 aliphatic carbocycles. The number of Topliss-reactive ketones (excluding diaryl/α,β-unsaturated/α-hetero) is 1. The monoisotopic (exact) mass is 386 g/mol. The number of aromatic nitrogens is 2. The Morgan fingerprint density at radius 3 is 2.29 bits per heavy atom. The quantitative estimate of drug-likeness (QED) is 0.567. The fraction of sp³-hybridized carbons (Fsp3) is 0.150. The third-order valence-corrected chi connectivity index (χ3v) is 3.86. The minimum atomic E-state index is -4.39. The van der Waals surface area contributed by atoms with Crippen LogP contribution >= 0.6 is 0 Å². The van der Waals surface area contributed by atoms with Gasteiger partial charge in [-0.1, -0.05) is 12.1 Å². The third-order valence-electron chi connectivity index (χ3n) is 3.86. The van der Waals surface area contributed by atoms with Crippen LogP contribution in [0.2, 0.25) is 0 Å². The van der Waals surface area contributed by atoms with Gasteiger partial charge in [0.1, 0.15) is 5.82 Å². The van der Waals surface area contributed by atoms with Gasteiger partial charge in [-0.15, -0.1) is 0 Å². The minimum absolute atomic E-state index is 0.0489.